The average molecular weight is 588 g/mol. The van der Waals surface area contributed by atoms with Gasteiger partial charge in [-0.05, 0) is 67.6 Å². The van der Waals surface area contributed by atoms with Gasteiger partial charge in [-0.3, -0.25) is 14.4 Å². The highest BCUT2D eigenvalue weighted by Crippen LogP contribution is 2.67. The molecule has 1 fully saturated rings. The number of rotatable bonds is 4. The summed E-state index contributed by atoms with van der Waals surface area (Å²) >= 11 is 0. The number of amides is 1. The first-order valence-corrected chi connectivity index (χ1v) is 13.9. The van der Waals surface area contributed by atoms with E-state index >= 15 is 0 Å². The molecular weight excluding hydrogens is 562 g/mol. The van der Waals surface area contributed by atoms with Gasteiger partial charge in [0.1, 0.15) is 11.8 Å². The summed E-state index contributed by atoms with van der Waals surface area (Å²) in [6.07, 6.45) is 0.353. The van der Waals surface area contributed by atoms with Gasteiger partial charge in [-0.1, -0.05) is 23.7 Å². The van der Waals surface area contributed by atoms with Crippen molar-refractivity contribution in [2.45, 2.75) is 36.4 Å². The molecule has 218 valence electrons. The van der Waals surface area contributed by atoms with Gasteiger partial charge in [-0.15, -0.1) is 0 Å². The van der Waals surface area contributed by atoms with E-state index in [1.807, 2.05) is 0 Å². The predicted molar refractivity (Wildman–Crippen MR) is 161 cm³/mol. The first kappa shape index (κ1) is 27.4. The number of fused-ring (bicyclic) bond motifs is 4. The Kier molecular flexibility index (Phi) is 5.96. The van der Waals surface area contributed by atoms with Crippen LogP contribution in [0.25, 0.3) is 0 Å². The van der Waals surface area contributed by atoms with Crippen LogP contribution in [0.2, 0.25) is 0 Å². The fourth-order valence-corrected chi connectivity index (χ4v) is 6.51. The van der Waals surface area contributed by atoms with E-state index in [-0.39, 0.29) is 33.5 Å². The van der Waals surface area contributed by atoms with Crippen molar-refractivity contribution in [3.63, 3.8) is 0 Å². The minimum atomic E-state index is -1.64. The number of epoxide rings is 1. The number of aromatic hydroxyl groups is 1. The zero-order valence-electron chi connectivity index (χ0n) is 23.5. The van der Waals surface area contributed by atoms with Crippen molar-refractivity contribution in [2.24, 2.45) is 0 Å². The summed E-state index contributed by atoms with van der Waals surface area (Å²) in [5.74, 6) is 9.14. The highest BCUT2D eigenvalue weighted by atomic mass is 16.7. The molecule has 4 aliphatic rings. The van der Waals surface area contributed by atoms with Gasteiger partial charge in [0.2, 0.25) is 0 Å². The summed E-state index contributed by atoms with van der Waals surface area (Å²) < 4.78 is 6.18. The molecule has 2 aliphatic heterocycles. The van der Waals surface area contributed by atoms with Crippen molar-refractivity contribution >= 4 is 34.5 Å². The van der Waals surface area contributed by atoms with E-state index in [0.717, 1.165) is 5.69 Å². The molecule has 0 spiro atoms. The third-order valence-electron chi connectivity index (χ3n) is 8.65. The largest absolute Gasteiger partial charge is 0.507 e. The van der Waals surface area contributed by atoms with Crippen LogP contribution < -0.4 is 16.0 Å². The molecule has 10 heteroatoms. The lowest BCUT2D eigenvalue weighted by Crippen LogP contribution is -2.54. The van der Waals surface area contributed by atoms with E-state index in [9.17, 15) is 29.7 Å². The Balaban J connectivity index is 1.32. The van der Waals surface area contributed by atoms with Crippen molar-refractivity contribution in [3.05, 3.63) is 94.1 Å². The number of hydrogen-bond donors (Lipinski definition) is 6. The van der Waals surface area contributed by atoms with Crippen molar-refractivity contribution in [1.29, 1.82) is 0 Å². The molecule has 2 bridgehead atoms. The summed E-state index contributed by atoms with van der Waals surface area (Å²) in [6, 6.07) is 11.5. The van der Waals surface area contributed by atoms with Crippen molar-refractivity contribution < 1.29 is 34.4 Å². The number of ketones is 2. The van der Waals surface area contributed by atoms with Gasteiger partial charge in [0.05, 0.1) is 22.9 Å². The van der Waals surface area contributed by atoms with Crippen LogP contribution in [-0.4, -0.2) is 63.7 Å². The van der Waals surface area contributed by atoms with Gasteiger partial charge in [0.25, 0.3) is 5.91 Å². The normalized spacial score (nSPS) is 26.4. The van der Waals surface area contributed by atoms with Crippen molar-refractivity contribution in [1.82, 2.24) is 0 Å². The maximum absolute atomic E-state index is 14.1. The number of aliphatic hydroxyl groups excluding tert-OH is 2. The van der Waals surface area contributed by atoms with Crippen LogP contribution >= 0.6 is 0 Å². The summed E-state index contributed by atoms with van der Waals surface area (Å²) in [4.78, 5) is 40.8. The van der Waals surface area contributed by atoms with E-state index in [1.54, 1.807) is 31.3 Å². The van der Waals surface area contributed by atoms with Crippen LogP contribution in [0.1, 0.15) is 54.7 Å². The van der Waals surface area contributed by atoms with E-state index < -0.39 is 52.7 Å². The number of phenolic OH excluding ortho intramolecular Hbond substituents is 1. The smallest absolute Gasteiger partial charge is 0.255 e. The number of carbonyl (C=O) groups excluding carboxylic acids is 3. The number of anilines is 3. The number of phenols is 1. The molecule has 3 aromatic rings. The first-order valence-electron chi connectivity index (χ1n) is 13.9. The second-order valence-electron chi connectivity index (χ2n) is 11.0. The van der Waals surface area contributed by atoms with Gasteiger partial charge >= 0.3 is 0 Å². The van der Waals surface area contributed by atoms with E-state index in [4.69, 9.17) is 4.74 Å². The Morgan fingerprint density at radius 3 is 2.36 bits per heavy atom. The Morgan fingerprint density at radius 1 is 0.977 bits per heavy atom. The molecule has 44 heavy (non-hydrogen) atoms. The summed E-state index contributed by atoms with van der Waals surface area (Å²) in [5, 5.41) is 42.3. The molecule has 5 atom stereocenters. The van der Waals surface area contributed by atoms with Crippen LogP contribution in [0.15, 0.2) is 60.7 Å². The second-order valence-corrected chi connectivity index (χ2v) is 11.0. The number of allylic oxidation sites excluding steroid dienone is 2. The molecule has 0 radical (unpaired) electrons. The number of carbonyl (C=O) groups is 3. The lowest BCUT2D eigenvalue weighted by Gasteiger charge is -2.37. The highest BCUT2D eigenvalue weighted by Gasteiger charge is 2.82. The monoisotopic (exact) mass is 587 g/mol. The predicted octanol–water partition coefficient (Wildman–Crippen LogP) is 2.54. The quantitative estimate of drug-likeness (QED) is 0.120. The lowest BCUT2D eigenvalue weighted by molar-refractivity contribution is 0.0867. The molecule has 6 N–H and O–H groups in total. The molecule has 0 aromatic heterocycles. The molecule has 2 aliphatic carbocycles. The Hall–Kier alpha value is -5.39. The van der Waals surface area contributed by atoms with Crippen LogP contribution in [0.5, 0.6) is 5.75 Å². The second kappa shape index (κ2) is 9.56. The van der Waals surface area contributed by atoms with Crippen LogP contribution in [0.4, 0.5) is 17.1 Å². The zero-order valence-corrected chi connectivity index (χ0v) is 23.5. The van der Waals surface area contributed by atoms with Crippen LogP contribution in [0, 0.1) is 23.7 Å². The highest BCUT2D eigenvalue weighted by molar-refractivity contribution is 6.31. The fraction of sp³-hybridized carbons (Fsp3) is 0.206. The van der Waals surface area contributed by atoms with E-state index in [0.29, 0.717) is 11.3 Å². The van der Waals surface area contributed by atoms with E-state index in [2.05, 4.69) is 39.6 Å². The first-order chi connectivity index (χ1) is 21.1. The lowest BCUT2D eigenvalue weighted by atomic mass is 9.69. The molecular formula is C34H25N3O7. The van der Waals surface area contributed by atoms with Crippen LogP contribution in [0.3, 0.4) is 0 Å². The van der Waals surface area contributed by atoms with Gasteiger partial charge in [0.15, 0.2) is 28.9 Å². The number of benzene rings is 3. The number of nitrogens with one attached hydrogen (secondary N) is 3. The average Bonchev–Trinajstić information content (AvgIpc) is 3.75. The minimum Gasteiger partial charge on any atom is -0.507 e. The Morgan fingerprint density at radius 2 is 1.66 bits per heavy atom. The standard InChI is InChI=1S/C34H25N3O7/c1-17(38)33-25-7-5-3-4-6-8-26(40)34(33,44-33)23-16-24(39)27-28(29(23)37-25)30(41)21-14-13-20(15-22(21)31(27)42)36-32(43)18-9-11-19(35-2)12-10-18/h3-4,9-17,25-26,35,37-40H,1-2H3,(H,36,43)/b4-3-/t17-,25+,26-,33+,34+/m1/s1. The summed E-state index contributed by atoms with van der Waals surface area (Å²) in [6.45, 7) is 1.50. The molecule has 2 heterocycles. The molecule has 1 amide bonds. The molecule has 0 saturated carbocycles. The van der Waals surface area contributed by atoms with Crippen molar-refractivity contribution in [3.8, 4) is 29.4 Å². The summed E-state index contributed by atoms with van der Waals surface area (Å²) in [5.41, 5.74) is -1.50. The van der Waals surface area contributed by atoms with Gasteiger partial charge in [-0.2, -0.15) is 0 Å². The van der Waals surface area contributed by atoms with Gasteiger partial charge in [-0.25, -0.2) is 0 Å². The maximum atomic E-state index is 14.1. The summed E-state index contributed by atoms with van der Waals surface area (Å²) in [7, 11) is 1.77. The fourth-order valence-electron chi connectivity index (χ4n) is 6.51. The molecule has 7 rings (SSSR count). The Labute approximate surface area is 251 Å². The number of ether oxygens (including phenoxy) is 1. The molecule has 1 saturated heterocycles. The number of aliphatic hydroxyl groups is 2. The zero-order chi connectivity index (χ0) is 31.0. The van der Waals surface area contributed by atoms with E-state index in [1.165, 1.54) is 43.3 Å². The molecule has 10 nitrogen and oxygen atoms in total. The third-order valence-corrected chi connectivity index (χ3v) is 8.65. The SMILES string of the molecule is CNc1ccc(C(=O)Nc2ccc3c(c2)C(=O)c2c(O)cc4c(c2C3=O)N[C@H]2C#C/C=C\C#C[C@@H](O)[C@@]43O[C@@]23[C@@H](C)O)cc1. The van der Waals surface area contributed by atoms with Crippen LogP contribution in [-0.2, 0) is 10.3 Å². The minimum absolute atomic E-state index is 0.00869. The third kappa shape index (κ3) is 3.60. The van der Waals surface area contributed by atoms with Crippen molar-refractivity contribution in [2.75, 3.05) is 23.0 Å². The van der Waals surface area contributed by atoms with Gasteiger partial charge in [0, 0.05) is 40.7 Å². The molecule has 3 aromatic carbocycles. The molecule has 0 unspecified atom stereocenters. The van der Waals surface area contributed by atoms with Gasteiger partial charge < -0.3 is 36.0 Å². The Bertz CT molecular complexity index is 1980. The topological polar surface area (TPSA) is 161 Å². The number of hydrogen-bond acceptors (Lipinski definition) is 9. The maximum Gasteiger partial charge on any atom is 0.255 e.